The van der Waals surface area contributed by atoms with E-state index in [-0.39, 0.29) is 18.6 Å². The maximum Gasteiger partial charge on any atom is 0.267 e. The largest absolute Gasteiger partial charge is 0.493 e. The van der Waals surface area contributed by atoms with Gasteiger partial charge in [0, 0.05) is 17.3 Å². The van der Waals surface area contributed by atoms with Crippen molar-refractivity contribution in [3.05, 3.63) is 54.1 Å². The Morgan fingerprint density at radius 2 is 1.89 bits per heavy atom. The Morgan fingerprint density at radius 1 is 1.15 bits per heavy atom. The first-order valence-electron chi connectivity index (χ1n) is 8.90. The molecule has 6 heteroatoms. The van der Waals surface area contributed by atoms with E-state index < -0.39 is 0 Å². The van der Waals surface area contributed by atoms with Crippen LogP contribution in [0.4, 0.5) is 5.69 Å². The number of carbonyl (C=O) groups excluding carboxylic acids is 1. The molecule has 0 radical (unpaired) electrons. The van der Waals surface area contributed by atoms with E-state index in [2.05, 4.69) is 5.16 Å². The summed E-state index contributed by atoms with van der Waals surface area (Å²) in [6.07, 6.45) is 1.54. The Labute approximate surface area is 160 Å². The molecule has 2 rings (SSSR count). The fourth-order valence-electron chi connectivity index (χ4n) is 2.62. The number of nitrogens with zero attached hydrogens (tertiary/aromatic N) is 2. The van der Waals surface area contributed by atoms with Gasteiger partial charge in [-0.25, -0.2) is 0 Å². The normalized spacial score (nSPS) is 10.9. The molecule has 0 N–H and O–H groups in total. The van der Waals surface area contributed by atoms with E-state index in [1.54, 1.807) is 18.1 Å². The lowest BCUT2D eigenvalue weighted by atomic mass is 10.2. The van der Waals surface area contributed by atoms with E-state index in [0.717, 1.165) is 11.3 Å². The Bertz CT molecular complexity index is 760. The first-order chi connectivity index (χ1) is 13.1. The van der Waals surface area contributed by atoms with Crippen molar-refractivity contribution in [1.82, 2.24) is 0 Å². The Hall–Kier alpha value is -3.02. The molecule has 0 spiro atoms. The molecule has 144 valence electrons. The number of para-hydroxylation sites is 1. The SMILES string of the molecule is CCOc1ccc(/C=N\OCC(=O)N(c2ccccc2)C(C)C)cc1OC. The third-order valence-corrected chi connectivity index (χ3v) is 3.77. The van der Waals surface area contributed by atoms with Gasteiger partial charge in [0.1, 0.15) is 0 Å². The highest BCUT2D eigenvalue weighted by atomic mass is 16.6. The minimum absolute atomic E-state index is 0.0165. The number of anilines is 1. The second kappa shape index (κ2) is 10.2. The van der Waals surface area contributed by atoms with Gasteiger partial charge in [-0.2, -0.15) is 0 Å². The summed E-state index contributed by atoms with van der Waals surface area (Å²) in [5.41, 5.74) is 1.62. The van der Waals surface area contributed by atoms with E-state index in [0.29, 0.717) is 18.1 Å². The summed E-state index contributed by atoms with van der Waals surface area (Å²) < 4.78 is 10.8. The molecule has 27 heavy (non-hydrogen) atoms. The monoisotopic (exact) mass is 370 g/mol. The van der Waals surface area contributed by atoms with Gasteiger partial charge in [0.2, 0.25) is 0 Å². The lowest BCUT2D eigenvalue weighted by molar-refractivity contribution is -0.123. The Kier molecular flexibility index (Phi) is 7.67. The van der Waals surface area contributed by atoms with Crippen molar-refractivity contribution in [2.75, 3.05) is 25.2 Å². The van der Waals surface area contributed by atoms with E-state index >= 15 is 0 Å². The van der Waals surface area contributed by atoms with Gasteiger partial charge in [0.05, 0.1) is 19.9 Å². The zero-order valence-corrected chi connectivity index (χ0v) is 16.2. The first kappa shape index (κ1) is 20.3. The predicted octanol–water partition coefficient (Wildman–Crippen LogP) is 3.89. The van der Waals surface area contributed by atoms with Gasteiger partial charge < -0.3 is 19.2 Å². The highest BCUT2D eigenvalue weighted by Crippen LogP contribution is 2.27. The van der Waals surface area contributed by atoms with Crippen LogP contribution in [0.5, 0.6) is 11.5 Å². The second-order valence-electron chi connectivity index (χ2n) is 6.04. The molecule has 0 bridgehead atoms. The minimum atomic E-state index is -0.155. The highest BCUT2D eigenvalue weighted by molar-refractivity contribution is 5.94. The van der Waals surface area contributed by atoms with Crippen molar-refractivity contribution in [3.63, 3.8) is 0 Å². The van der Waals surface area contributed by atoms with Crippen molar-refractivity contribution >= 4 is 17.8 Å². The van der Waals surface area contributed by atoms with Crippen LogP contribution in [0.1, 0.15) is 26.3 Å². The van der Waals surface area contributed by atoms with Crippen LogP contribution in [0.15, 0.2) is 53.7 Å². The van der Waals surface area contributed by atoms with Crippen molar-refractivity contribution < 1.29 is 19.1 Å². The van der Waals surface area contributed by atoms with Gasteiger partial charge in [-0.05, 0) is 51.1 Å². The van der Waals surface area contributed by atoms with E-state index in [1.165, 1.54) is 6.21 Å². The van der Waals surface area contributed by atoms with Crippen LogP contribution in [-0.2, 0) is 9.63 Å². The molecule has 0 aromatic heterocycles. The number of methoxy groups -OCH3 is 1. The molecular weight excluding hydrogens is 344 g/mol. The average Bonchev–Trinajstić information content (AvgIpc) is 2.67. The highest BCUT2D eigenvalue weighted by Gasteiger charge is 2.19. The van der Waals surface area contributed by atoms with E-state index in [4.69, 9.17) is 14.3 Å². The zero-order valence-electron chi connectivity index (χ0n) is 16.2. The zero-order chi connectivity index (χ0) is 19.6. The van der Waals surface area contributed by atoms with Crippen LogP contribution in [0.25, 0.3) is 0 Å². The molecule has 0 unspecified atom stereocenters. The molecule has 0 aliphatic heterocycles. The number of hydrogen-bond donors (Lipinski definition) is 0. The molecule has 0 aliphatic rings. The maximum atomic E-state index is 12.5. The molecule has 0 saturated carbocycles. The molecule has 0 saturated heterocycles. The molecule has 2 aromatic carbocycles. The lowest BCUT2D eigenvalue weighted by Gasteiger charge is -2.26. The maximum absolute atomic E-state index is 12.5. The third kappa shape index (κ3) is 5.74. The number of hydrogen-bond acceptors (Lipinski definition) is 5. The summed E-state index contributed by atoms with van der Waals surface area (Å²) in [7, 11) is 1.58. The molecule has 2 aromatic rings. The summed E-state index contributed by atoms with van der Waals surface area (Å²) in [5.74, 6) is 1.13. The summed E-state index contributed by atoms with van der Waals surface area (Å²) in [6.45, 7) is 6.25. The number of rotatable bonds is 9. The smallest absolute Gasteiger partial charge is 0.267 e. The second-order valence-corrected chi connectivity index (χ2v) is 6.04. The predicted molar refractivity (Wildman–Crippen MR) is 107 cm³/mol. The number of amides is 1. The quantitative estimate of drug-likeness (QED) is 0.496. The van der Waals surface area contributed by atoms with Gasteiger partial charge >= 0.3 is 0 Å². The molecule has 0 fully saturated rings. The fraction of sp³-hybridized carbons (Fsp3) is 0.333. The molecule has 0 aliphatic carbocycles. The number of carbonyl (C=O) groups is 1. The minimum Gasteiger partial charge on any atom is -0.493 e. The molecule has 1 amide bonds. The number of oxime groups is 1. The molecule has 0 atom stereocenters. The van der Waals surface area contributed by atoms with Gasteiger partial charge in [-0.15, -0.1) is 0 Å². The van der Waals surface area contributed by atoms with Crippen molar-refractivity contribution in [2.45, 2.75) is 26.8 Å². The third-order valence-electron chi connectivity index (χ3n) is 3.77. The van der Waals surface area contributed by atoms with Crippen LogP contribution in [0.3, 0.4) is 0 Å². The Balaban J connectivity index is 1.97. The van der Waals surface area contributed by atoms with E-state index in [9.17, 15) is 4.79 Å². The van der Waals surface area contributed by atoms with Crippen LogP contribution in [-0.4, -0.2) is 38.5 Å². The standard InChI is InChI=1S/C21H26N2O4/c1-5-26-19-12-11-17(13-20(19)25-4)14-22-27-15-21(24)23(16(2)3)18-9-7-6-8-10-18/h6-14,16H,5,15H2,1-4H3/b22-14-. The average molecular weight is 370 g/mol. The summed E-state index contributed by atoms with van der Waals surface area (Å²) >= 11 is 0. The summed E-state index contributed by atoms with van der Waals surface area (Å²) in [5, 5.41) is 3.90. The van der Waals surface area contributed by atoms with Gasteiger partial charge in [-0.3, -0.25) is 4.79 Å². The van der Waals surface area contributed by atoms with Crippen LogP contribution in [0.2, 0.25) is 0 Å². The lowest BCUT2D eigenvalue weighted by Crippen LogP contribution is -2.39. The number of benzene rings is 2. The Morgan fingerprint density at radius 3 is 2.52 bits per heavy atom. The number of ether oxygens (including phenoxy) is 2. The van der Waals surface area contributed by atoms with Gasteiger partial charge in [-0.1, -0.05) is 23.4 Å². The fourth-order valence-corrected chi connectivity index (χ4v) is 2.62. The van der Waals surface area contributed by atoms with Crippen molar-refractivity contribution in [3.8, 4) is 11.5 Å². The molecule has 0 heterocycles. The van der Waals surface area contributed by atoms with Crippen LogP contribution >= 0.6 is 0 Å². The van der Waals surface area contributed by atoms with Crippen LogP contribution in [0, 0.1) is 0 Å². The van der Waals surface area contributed by atoms with Crippen molar-refractivity contribution in [1.29, 1.82) is 0 Å². The van der Waals surface area contributed by atoms with Crippen molar-refractivity contribution in [2.24, 2.45) is 5.16 Å². The van der Waals surface area contributed by atoms with Crippen LogP contribution < -0.4 is 14.4 Å². The van der Waals surface area contributed by atoms with E-state index in [1.807, 2.05) is 63.2 Å². The topological polar surface area (TPSA) is 60.4 Å². The summed E-state index contributed by atoms with van der Waals surface area (Å²) in [6, 6.07) is 15.0. The first-order valence-corrected chi connectivity index (χ1v) is 8.90. The molecule has 6 nitrogen and oxygen atoms in total. The van der Waals surface area contributed by atoms with Gasteiger partial charge in [0.15, 0.2) is 18.1 Å². The molecular formula is C21H26N2O4. The summed E-state index contributed by atoms with van der Waals surface area (Å²) in [4.78, 5) is 19.4. The van der Waals surface area contributed by atoms with Gasteiger partial charge in [0.25, 0.3) is 5.91 Å².